The Balaban J connectivity index is 2.37. The number of carboxylic acid groups (broad SMARTS) is 1. The molecule has 1 aliphatic rings. The maximum absolute atomic E-state index is 12.6. The largest absolute Gasteiger partial charge is 0.481 e. The van der Waals surface area contributed by atoms with Crippen LogP contribution in [0.25, 0.3) is 0 Å². The van der Waals surface area contributed by atoms with E-state index in [0.29, 0.717) is 4.47 Å². The van der Waals surface area contributed by atoms with E-state index >= 15 is 0 Å². The molecule has 0 amide bonds. The van der Waals surface area contributed by atoms with Gasteiger partial charge in [0, 0.05) is 11.5 Å². The first kappa shape index (κ1) is 16.7. The van der Waals surface area contributed by atoms with Gasteiger partial charge >= 0.3 is 5.97 Å². The number of likely N-dealkylation sites (N-methyl/N-ethyl adjacent to an activating group) is 1. The molecule has 1 aromatic carbocycles. The third-order valence-corrected chi connectivity index (χ3v) is 6.24. The molecule has 1 saturated heterocycles. The second-order valence-corrected chi connectivity index (χ2v) is 7.93. The minimum Gasteiger partial charge on any atom is -0.481 e. The Hall–Kier alpha value is -0.670. The zero-order chi connectivity index (χ0) is 15.8. The lowest BCUT2D eigenvalue weighted by molar-refractivity contribution is -0.142. The van der Waals surface area contributed by atoms with E-state index in [1.807, 2.05) is 0 Å². The van der Waals surface area contributed by atoms with Gasteiger partial charge in [0.05, 0.1) is 30.2 Å². The summed E-state index contributed by atoms with van der Waals surface area (Å²) >= 11 is 9.18. The summed E-state index contributed by atoms with van der Waals surface area (Å²) in [5.41, 5.74) is 0. The van der Waals surface area contributed by atoms with Gasteiger partial charge in [-0.05, 0) is 18.2 Å². The Morgan fingerprint density at radius 3 is 2.71 bits per heavy atom. The average molecular weight is 399 g/mol. The minimum atomic E-state index is -3.90. The van der Waals surface area contributed by atoms with Crippen LogP contribution in [0.3, 0.4) is 0 Å². The number of ether oxygens (including phenoxy) is 1. The lowest BCUT2D eigenvalue weighted by atomic mass is 10.1. The van der Waals surface area contributed by atoms with E-state index < -0.39 is 28.0 Å². The molecular formula is C12H13BrClNO5S. The maximum atomic E-state index is 12.6. The monoisotopic (exact) mass is 397 g/mol. The molecule has 9 heteroatoms. The van der Waals surface area contributed by atoms with Crippen molar-refractivity contribution in [2.45, 2.75) is 10.9 Å². The molecule has 0 bridgehead atoms. The van der Waals surface area contributed by atoms with Crippen molar-refractivity contribution in [2.24, 2.45) is 5.92 Å². The van der Waals surface area contributed by atoms with Crippen LogP contribution in [0.4, 0.5) is 0 Å². The molecule has 21 heavy (non-hydrogen) atoms. The Kier molecular flexibility index (Phi) is 4.94. The number of aliphatic carboxylic acids is 1. The van der Waals surface area contributed by atoms with Crippen LogP contribution in [0.1, 0.15) is 0 Å². The topological polar surface area (TPSA) is 83.9 Å². The molecule has 1 aliphatic heterocycles. The maximum Gasteiger partial charge on any atom is 0.310 e. The van der Waals surface area contributed by atoms with Crippen LogP contribution in [-0.4, -0.2) is 50.1 Å². The van der Waals surface area contributed by atoms with Crippen LogP contribution in [-0.2, 0) is 19.6 Å². The molecule has 1 fully saturated rings. The fraction of sp³-hybridized carbons (Fsp3) is 0.417. The Labute approximate surface area is 135 Å². The van der Waals surface area contributed by atoms with Crippen molar-refractivity contribution in [3.63, 3.8) is 0 Å². The van der Waals surface area contributed by atoms with Crippen molar-refractivity contribution in [3.05, 3.63) is 27.7 Å². The highest BCUT2D eigenvalue weighted by Crippen LogP contribution is 2.30. The lowest BCUT2D eigenvalue weighted by Crippen LogP contribution is -2.44. The number of carboxylic acids is 1. The van der Waals surface area contributed by atoms with Crippen molar-refractivity contribution in [1.82, 2.24) is 4.31 Å². The van der Waals surface area contributed by atoms with Crippen molar-refractivity contribution in [3.8, 4) is 0 Å². The van der Waals surface area contributed by atoms with Gasteiger partial charge in [0.2, 0.25) is 10.0 Å². The number of sulfonamides is 1. The van der Waals surface area contributed by atoms with Gasteiger partial charge in [0.1, 0.15) is 4.90 Å². The summed E-state index contributed by atoms with van der Waals surface area (Å²) in [5.74, 6) is -1.97. The predicted octanol–water partition coefficient (Wildman–Crippen LogP) is 1.82. The van der Waals surface area contributed by atoms with Gasteiger partial charge in [-0.15, -0.1) is 0 Å². The molecule has 1 N–H and O–H groups in total. The molecule has 116 valence electrons. The summed E-state index contributed by atoms with van der Waals surface area (Å²) in [6, 6.07) is 3.66. The zero-order valence-corrected chi connectivity index (χ0v) is 14.2. The van der Waals surface area contributed by atoms with Crippen molar-refractivity contribution in [1.29, 1.82) is 0 Å². The Morgan fingerprint density at radius 1 is 1.48 bits per heavy atom. The number of carbonyl (C=O) groups is 1. The molecule has 1 heterocycles. The van der Waals surface area contributed by atoms with E-state index in [2.05, 4.69) is 15.9 Å². The molecule has 2 rings (SSSR count). The zero-order valence-electron chi connectivity index (χ0n) is 11.0. The summed E-state index contributed by atoms with van der Waals surface area (Å²) in [6.07, 6.45) is 0. The third-order valence-electron chi connectivity index (χ3n) is 3.39. The average Bonchev–Trinajstić information content (AvgIpc) is 2.86. The summed E-state index contributed by atoms with van der Waals surface area (Å²) < 4.78 is 32.0. The standard InChI is InChI=1S/C12H13BrClNO5S/c1-15(10-6-20-5-8(10)12(16)17)21(18,19)11-3-2-7(13)4-9(11)14/h2-4,8,10H,5-6H2,1H3,(H,16,17). The fourth-order valence-corrected chi connectivity index (χ4v) is 4.54. The molecule has 2 atom stereocenters. The Morgan fingerprint density at radius 2 is 2.14 bits per heavy atom. The number of benzene rings is 1. The van der Waals surface area contributed by atoms with Crippen LogP contribution >= 0.6 is 27.5 Å². The number of hydrogen-bond acceptors (Lipinski definition) is 4. The van der Waals surface area contributed by atoms with E-state index in [9.17, 15) is 13.2 Å². The van der Waals surface area contributed by atoms with Gasteiger partial charge in [0.25, 0.3) is 0 Å². The van der Waals surface area contributed by atoms with Crippen LogP contribution in [0.2, 0.25) is 5.02 Å². The first-order valence-electron chi connectivity index (χ1n) is 5.99. The second-order valence-electron chi connectivity index (χ2n) is 4.65. The first-order chi connectivity index (χ1) is 9.75. The van der Waals surface area contributed by atoms with Gasteiger partial charge in [-0.25, -0.2) is 8.42 Å². The van der Waals surface area contributed by atoms with Crippen LogP contribution in [0.5, 0.6) is 0 Å². The SMILES string of the molecule is CN(C1COCC1C(=O)O)S(=O)(=O)c1ccc(Br)cc1Cl. The smallest absolute Gasteiger partial charge is 0.310 e. The molecule has 0 spiro atoms. The van der Waals surface area contributed by atoms with Gasteiger partial charge in [-0.1, -0.05) is 27.5 Å². The van der Waals surface area contributed by atoms with Gasteiger partial charge < -0.3 is 9.84 Å². The van der Waals surface area contributed by atoms with E-state index in [4.69, 9.17) is 21.4 Å². The van der Waals surface area contributed by atoms with E-state index in [1.54, 1.807) is 6.07 Å². The lowest BCUT2D eigenvalue weighted by Gasteiger charge is -2.26. The van der Waals surface area contributed by atoms with Crippen LogP contribution in [0.15, 0.2) is 27.6 Å². The molecule has 0 aromatic heterocycles. The normalized spacial score (nSPS) is 22.7. The van der Waals surface area contributed by atoms with Crippen molar-refractivity contribution < 1.29 is 23.1 Å². The Bertz CT molecular complexity index is 666. The molecule has 1 aromatic rings. The van der Waals surface area contributed by atoms with E-state index in [-0.39, 0.29) is 23.1 Å². The summed E-state index contributed by atoms with van der Waals surface area (Å²) in [5, 5.41) is 9.20. The van der Waals surface area contributed by atoms with Gasteiger partial charge in [-0.2, -0.15) is 4.31 Å². The van der Waals surface area contributed by atoms with E-state index in [1.165, 1.54) is 19.2 Å². The predicted molar refractivity (Wildman–Crippen MR) is 79.8 cm³/mol. The van der Waals surface area contributed by atoms with Crippen molar-refractivity contribution in [2.75, 3.05) is 20.3 Å². The molecule has 0 saturated carbocycles. The highest BCUT2D eigenvalue weighted by molar-refractivity contribution is 9.10. The van der Waals surface area contributed by atoms with Crippen LogP contribution < -0.4 is 0 Å². The van der Waals surface area contributed by atoms with Gasteiger partial charge in [-0.3, -0.25) is 4.79 Å². The van der Waals surface area contributed by atoms with Crippen LogP contribution in [0, 0.1) is 5.92 Å². The number of hydrogen-bond donors (Lipinski definition) is 1. The summed E-state index contributed by atoms with van der Waals surface area (Å²) in [4.78, 5) is 11.1. The second kappa shape index (κ2) is 6.21. The summed E-state index contributed by atoms with van der Waals surface area (Å²) in [6.45, 7) is 0.0365. The first-order valence-corrected chi connectivity index (χ1v) is 8.60. The molecule has 0 radical (unpaired) electrons. The third kappa shape index (κ3) is 3.24. The number of nitrogens with zero attached hydrogens (tertiary/aromatic N) is 1. The van der Waals surface area contributed by atoms with E-state index in [0.717, 1.165) is 4.31 Å². The minimum absolute atomic E-state index is 0.00602. The highest BCUT2D eigenvalue weighted by atomic mass is 79.9. The number of halogens is 2. The quantitative estimate of drug-likeness (QED) is 0.836. The summed E-state index contributed by atoms with van der Waals surface area (Å²) in [7, 11) is -2.56. The molecule has 6 nitrogen and oxygen atoms in total. The molecule has 2 unspecified atom stereocenters. The van der Waals surface area contributed by atoms with Crippen molar-refractivity contribution >= 4 is 43.5 Å². The number of rotatable bonds is 4. The highest BCUT2D eigenvalue weighted by Gasteiger charge is 2.41. The van der Waals surface area contributed by atoms with Gasteiger partial charge in [0.15, 0.2) is 0 Å². The fourth-order valence-electron chi connectivity index (χ4n) is 2.16. The molecule has 0 aliphatic carbocycles. The molecular weight excluding hydrogens is 386 g/mol.